The van der Waals surface area contributed by atoms with Crippen molar-refractivity contribution in [3.8, 4) is 0 Å². The van der Waals surface area contributed by atoms with E-state index in [0.29, 0.717) is 12.2 Å². The summed E-state index contributed by atoms with van der Waals surface area (Å²) in [4.78, 5) is 10.8. The average Bonchev–Trinajstić information content (AvgIpc) is 2.98. The molecule has 2 aromatic rings. The lowest BCUT2D eigenvalue weighted by molar-refractivity contribution is 0.0686. The van der Waals surface area contributed by atoms with Crippen molar-refractivity contribution in [3.05, 3.63) is 42.1 Å². The van der Waals surface area contributed by atoms with Crippen LogP contribution in [0.1, 0.15) is 16.2 Å². The molecule has 108 valence electrons. The van der Waals surface area contributed by atoms with Gasteiger partial charge in [0, 0.05) is 26.2 Å². The molecule has 0 aliphatic rings. The van der Waals surface area contributed by atoms with Crippen molar-refractivity contribution >= 4 is 16.0 Å². The first-order valence-corrected chi connectivity index (χ1v) is 7.30. The second-order valence-corrected chi connectivity index (χ2v) is 5.97. The molecule has 0 fully saturated rings. The van der Waals surface area contributed by atoms with Crippen LogP contribution in [0.15, 0.2) is 40.0 Å². The molecule has 2 N–H and O–H groups in total. The van der Waals surface area contributed by atoms with E-state index in [1.807, 2.05) is 0 Å². The number of nitrogens with one attached hydrogen (secondary N) is 1. The van der Waals surface area contributed by atoms with Crippen LogP contribution in [0.4, 0.5) is 0 Å². The maximum absolute atomic E-state index is 12.0. The van der Waals surface area contributed by atoms with Crippen molar-refractivity contribution in [2.24, 2.45) is 7.05 Å². The Hall–Kier alpha value is -2.06. The lowest BCUT2D eigenvalue weighted by Crippen LogP contribution is -2.25. The van der Waals surface area contributed by atoms with Crippen LogP contribution >= 0.6 is 0 Å². The topological polar surface area (TPSA) is 102 Å². The fourth-order valence-electron chi connectivity index (χ4n) is 1.74. The minimum Gasteiger partial charge on any atom is -0.477 e. The summed E-state index contributed by atoms with van der Waals surface area (Å²) in [5, 5.41) is 8.90. The van der Waals surface area contributed by atoms with E-state index in [1.54, 1.807) is 12.1 Å². The molecule has 2 rings (SSSR count). The molecule has 7 nitrogen and oxygen atoms in total. The van der Waals surface area contributed by atoms with Crippen LogP contribution in [0.2, 0.25) is 0 Å². The van der Waals surface area contributed by atoms with Crippen molar-refractivity contribution in [1.29, 1.82) is 0 Å². The van der Waals surface area contributed by atoms with E-state index in [-0.39, 0.29) is 17.1 Å². The minimum absolute atomic E-state index is 0.0724. The van der Waals surface area contributed by atoms with Crippen LogP contribution in [-0.2, 0) is 23.5 Å². The summed E-state index contributed by atoms with van der Waals surface area (Å²) >= 11 is 0. The molecule has 0 saturated carbocycles. The zero-order valence-electron chi connectivity index (χ0n) is 10.7. The highest BCUT2D eigenvalue weighted by molar-refractivity contribution is 7.89. The van der Waals surface area contributed by atoms with Crippen molar-refractivity contribution in [2.75, 3.05) is 6.54 Å². The number of hydrogen-bond acceptors (Lipinski definition) is 4. The van der Waals surface area contributed by atoms with Crippen LogP contribution < -0.4 is 4.72 Å². The fourth-order valence-corrected chi connectivity index (χ4v) is 2.84. The van der Waals surface area contributed by atoms with Crippen molar-refractivity contribution in [3.63, 3.8) is 0 Å². The number of furan rings is 1. The van der Waals surface area contributed by atoms with Gasteiger partial charge in [-0.05, 0) is 18.2 Å². The van der Waals surface area contributed by atoms with E-state index in [0.717, 1.165) is 6.07 Å². The van der Waals surface area contributed by atoms with Crippen LogP contribution in [0.5, 0.6) is 0 Å². The molecule has 0 aliphatic heterocycles. The standard InChI is InChI=1S/C12H14N2O5S/c1-14-8-10(7-11(14)12(15)16)20(17,18)13-5-4-9-3-2-6-19-9/h2-3,6-8,13H,4-5H2,1H3,(H,15,16). The van der Waals surface area contributed by atoms with Crippen molar-refractivity contribution in [1.82, 2.24) is 9.29 Å². The second kappa shape index (κ2) is 5.51. The summed E-state index contributed by atoms with van der Waals surface area (Å²) in [6.45, 7) is 0.174. The predicted octanol–water partition coefficient (Wildman–Crippen LogP) is 0.837. The highest BCUT2D eigenvalue weighted by Crippen LogP contribution is 2.13. The summed E-state index contributed by atoms with van der Waals surface area (Å²) in [7, 11) is -2.25. The van der Waals surface area contributed by atoms with Gasteiger partial charge in [0.2, 0.25) is 10.0 Å². The summed E-state index contributed by atoms with van der Waals surface area (Å²) in [6, 6.07) is 4.59. The Kier molecular flexibility index (Phi) is 3.96. The number of aromatic nitrogens is 1. The Morgan fingerprint density at radius 2 is 2.25 bits per heavy atom. The fraction of sp³-hybridized carbons (Fsp3) is 0.250. The van der Waals surface area contributed by atoms with Gasteiger partial charge in [0.25, 0.3) is 0 Å². The molecule has 0 aromatic carbocycles. The highest BCUT2D eigenvalue weighted by Gasteiger charge is 2.19. The summed E-state index contributed by atoms with van der Waals surface area (Å²) < 4.78 is 32.7. The SMILES string of the molecule is Cn1cc(S(=O)(=O)NCCc2ccco2)cc1C(=O)O. The lowest BCUT2D eigenvalue weighted by atomic mass is 10.3. The van der Waals surface area contributed by atoms with Gasteiger partial charge in [-0.2, -0.15) is 0 Å². The third kappa shape index (κ3) is 3.09. The zero-order valence-corrected chi connectivity index (χ0v) is 11.6. The molecular formula is C12H14N2O5S. The third-order valence-corrected chi connectivity index (χ3v) is 4.18. The van der Waals surface area contributed by atoms with E-state index in [9.17, 15) is 13.2 Å². The van der Waals surface area contributed by atoms with Gasteiger partial charge in [0.1, 0.15) is 16.3 Å². The smallest absolute Gasteiger partial charge is 0.352 e. The van der Waals surface area contributed by atoms with E-state index in [2.05, 4.69) is 4.72 Å². The Morgan fingerprint density at radius 1 is 1.50 bits per heavy atom. The van der Waals surface area contributed by atoms with Crippen molar-refractivity contribution < 1.29 is 22.7 Å². The number of nitrogens with zero attached hydrogens (tertiary/aromatic N) is 1. The van der Waals surface area contributed by atoms with E-state index < -0.39 is 16.0 Å². The Balaban J connectivity index is 2.06. The molecule has 0 spiro atoms. The molecule has 0 bridgehead atoms. The Morgan fingerprint density at radius 3 is 2.80 bits per heavy atom. The van der Waals surface area contributed by atoms with Gasteiger partial charge < -0.3 is 14.1 Å². The summed E-state index contributed by atoms with van der Waals surface area (Å²) in [5.41, 5.74) is -0.0867. The van der Waals surface area contributed by atoms with E-state index >= 15 is 0 Å². The van der Waals surface area contributed by atoms with Crippen LogP contribution in [0, 0.1) is 0 Å². The number of aryl methyl sites for hydroxylation is 1. The predicted molar refractivity (Wildman–Crippen MR) is 70.0 cm³/mol. The van der Waals surface area contributed by atoms with Crippen LogP contribution in [0.25, 0.3) is 0 Å². The van der Waals surface area contributed by atoms with Crippen LogP contribution in [0.3, 0.4) is 0 Å². The maximum Gasteiger partial charge on any atom is 0.352 e. The average molecular weight is 298 g/mol. The van der Waals surface area contributed by atoms with Crippen molar-refractivity contribution in [2.45, 2.75) is 11.3 Å². The minimum atomic E-state index is -3.72. The normalized spacial score (nSPS) is 11.7. The number of rotatable bonds is 6. The molecule has 0 atom stereocenters. The van der Waals surface area contributed by atoms with Crippen LogP contribution in [-0.4, -0.2) is 30.6 Å². The Labute approximate surface area is 115 Å². The number of carboxylic acids is 1. The molecule has 0 amide bonds. The van der Waals surface area contributed by atoms with Gasteiger partial charge in [0.05, 0.1) is 6.26 Å². The first-order chi connectivity index (χ1) is 9.40. The summed E-state index contributed by atoms with van der Waals surface area (Å²) in [5.74, 6) is -0.503. The van der Waals surface area contributed by atoms with Gasteiger partial charge in [-0.3, -0.25) is 0 Å². The van der Waals surface area contributed by atoms with E-state index in [1.165, 1.54) is 24.1 Å². The quantitative estimate of drug-likeness (QED) is 0.822. The molecule has 2 aromatic heterocycles. The maximum atomic E-state index is 12.0. The number of aromatic carboxylic acids is 1. The molecule has 0 aliphatic carbocycles. The molecular weight excluding hydrogens is 284 g/mol. The van der Waals surface area contributed by atoms with Gasteiger partial charge in [-0.1, -0.05) is 0 Å². The van der Waals surface area contributed by atoms with Gasteiger partial charge in [-0.15, -0.1) is 0 Å². The van der Waals surface area contributed by atoms with Gasteiger partial charge >= 0.3 is 5.97 Å². The second-order valence-electron chi connectivity index (χ2n) is 4.20. The first-order valence-electron chi connectivity index (χ1n) is 5.82. The number of carboxylic acid groups (broad SMARTS) is 1. The van der Waals surface area contributed by atoms with E-state index in [4.69, 9.17) is 9.52 Å². The number of sulfonamides is 1. The molecule has 0 saturated heterocycles. The largest absolute Gasteiger partial charge is 0.477 e. The van der Waals surface area contributed by atoms with Gasteiger partial charge in [0.15, 0.2) is 0 Å². The highest BCUT2D eigenvalue weighted by atomic mass is 32.2. The molecule has 20 heavy (non-hydrogen) atoms. The Bertz CT molecular complexity index is 700. The molecule has 0 unspecified atom stereocenters. The zero-order chi connectivity index (χ0) is 14.8. The van der Waals surface area contributed by atoms with Gasteiger partial charge in [-0.25, -0.2) is 17.9 Å². The first kappa shape index (κ1) is 14.4. The number of hydrogen-bond donors (Lipinski definition) is 2. The number of carbonyl (C=O) groups is 1. The molecule has 8 heteroatoms. The third-order valence-electron chi connectivity index (χ3n) is 2.75. The monoisotopic (exact) mass is 298 g/mol. The summed E-state index contributed by atoms with van der Waals surface area (Å²) in [6.07, 6.45) is 3.20. The molecule has 0 radical (unpaired) electrons. The lowest BCUT2D eigenvalue weighted by Gasteiger charge is -2.03. The molecule has 2 heterocycles.